The first-order valence-corrected chi connectivity index (χ1v) is 8.22. The standard InChI is InChI=1S/C17H15N3OS/c21-16-18-14-9-5-4-8-13(14)10-20(16)17-19-15(11-22-17)12-6-2-1-3-7-12/h1-9,15H,10-11H2,(H,18,21). The van der Waals surface area contributed by atoms with Gasteiger partial charge in [0.05, 0.1) is 12.6 Å². The molecule has 0 bridgehead atoms. The topological polar surface area (TPSA) is 44.7 Å². The lowest BCUT2D eigenvalue weighted by Crippen LogP contribution is -2.41. The third-order valence-corrected chi connectivity index (χ3v) is 4.95. The first-order valence-electron chi connectivity index (χ1n) is 7.23. The van der Waals surface area contributed by atoms with Gasteiger partial charge in [-0.3, -0.25) is 9.89 Å². The molecule has 5 heteroatoms. The van der Waals surface area contributed by atoms with E-state index in [9.17, 15) is 4.79 Å². The Morgan fingerprint density at radius 2 is 1.86 bits per heavy atom. The number of urea groups is 1. The predicted molar refractivity (Wildman–Crippen MR) is 90.1 cm³/mol. The minimum Gasteiger partial charge on any atom is -0.307 e. The van der Waals surface area contributed by atoms with Gasteiger partial charge in [0, 0.05) is 11.4 Å². The van der Waals surface area contributed by atoms with E-state index in [0.29, 0.717) is 6.54 Å². The number of carbonyl (C=O) groups is 1. The molecule has 4 nitrogen and oxygen atoms in total. The highest BCUT2D eigenvalue weighted by Gasteiger charge is 2.30. The maximum absolute atomic E-state index is 12.3. The summed E-state index contributed by atoms with van der Waals surface area (Å²) in [6, 6.07) is 18.2. The molecule has 1 atom stereocenters. The highest BCUT2D eigenvalue weighted by atomic mass is 32.2. The predicted octanol–water partition coefficient (Wildman–Crippen LogP) is 3.88. The average Bonchev–Trinajstić information content (AvgIpc) is 3.05. The number of thioether (sulfide) groups is 1. The number of para-hydroxylation sites is 1. The molecule has 0 spiro atoms. The maximum atomic E-state index is 12.3. The number of rotatable bonds is 1. The van der Waals surface area contributed by atoms with Gasteiger partial charge in [-0.25, -0.2) is 4.79 Å². The van der Waals surface area contributed by atoms with Crippen molar-refractivity contribution in [3.63, 3.8) is 0 Å². The summed E-state index contributed by atoms with van der Waals surface area (Å²) in [7, 11) is 0. The molecule has 110 valence electrons. The Morgan fingerprint density at radius 3 is 2.73 bits per heavy atom. The van der Waals surface area contributed by atoms with Gasteiger partial charge in [0.2, 0.25) is 0 Å². The molecule has 2 aliphatic rings. The van der Waals surface area contributed by atoms with E-state index in [1.54, 1.807) is 16.7 Å². The van der Waals surface area contributed by atoms with Gasteiger partial charge in [-0.2, -0.15) is 0 Å². The number of fused-ring (bicyclic) bond motifs is 1. The lowest BCUT2D eigenvalue weighted by Gasteiger charge is -2.28. The number of aliphatic imine (C=N–C) groups is 1. The number of amidine groups is 1. The van der Waals surface area contributed by atoms with Gasteiger partial charge in [-0.1, -0.05) is 60.3 Å². The van der Waals surface area contributed by atoms with E-state index in [-0.39, 0.29) is 12.1 Å². The second kappa shape index (κ2) is 5.50. The molecule has 2 aromatic rings. The number of carbonyl (C=O) groups excluding carboxylic acids is 1. The van der Waals surface area contributed by atoms with Crippen molar-refractivity contribution in [1.82, 2.24) is 4.90 Å². The van der Waals surface area contributed by atoms with Gasteiger partial charge in [-0.05, 0) is 17.2 Å². The smallest absolute Gasteiger partial charge is 0.307 e. The second-order valence-electron chi connectivity index (χ2n) is 5.32. The third kappa shape index (κ3) is 2.37. The molecular formula is C17H15N3OS. The molecule has 2 amide bonds. The quantitative estimate of drug-likeness (QED) is 0.869. The Labute approximate surface area is 133 Å². The fraction of sp³-hybridized carbons (Fsp3) is 0.176. The maximum Gasteiger partial charge on any atom is 0.328 e. The lowest BCUT2D eigenvalue weighted by molar-refractivity contribution is 0.231. The third-order valence-electron chi connectivity index (χ3n) is 3.88. The molecule has 0 aromatic heterocycles. The average molecular weight is 309 g/mol. The number of hydrogen-bond acceptors (Lipinski definition) is 3. The summed E-state index contributed by atoms with van der Waals surface area (Å²) in [5.74, 6) is 0.880. The van der Waals surface area contributed by atoms with Gasteiger partial charge in [-0.15, -0.1) is 0 Å². The van der Waals surface area contributed by atoms with Crippen LogP contribution in [0, 0.1) is 0 Å². The van der Waals surface area contributed by atoms with Crippen molar-refractivity contribution in [2.24, 2.45) is 4.99 Å². The molecule has 0 aliphatic carbocycles. The normalized spacial score (nSPS) is 20.4. The molecule has 2 aromatic carbocycles. The van der Waals surface area contributed by atoms with Crippen LogP contribution in [0.25, 0.3) is 0 Å². The number of anilines is 1. The summed E-state index contributed by atoms with van der Waals surface area (Å²) < 4.78 is 0. The van der Waals surface area contributed by atoms with E-state index in [1.165, 1.54) is 5.56 Å². The van der Waals surface area contributed by atoms with E-state index in [1.807, 2.05) is 42.5 Å². The summed E-state index contributed by atoms with van der Waals surface area (Å²) in [6.07, 6.45) is 0. The van der Waals surface area contributed by atoms with Gasteiger partial charge in [0.1, 0.15) is 0 Å². The van der Waals surface area contributed by atoms with E-state index < -0.39 is 0 Å². The summed E-state index contributed by atoms with van der Waals surface area (Å²) in [5, 5.41) is 3.74. The van der Waals surface area contributed by atoms with Crippen LogP contribution in [0.3, 0.4) is 0 Å². The highest BCUT2D eigenvalue weighted by molar-refractivity contribution is 8.14. The van der Waals surface area contributed by atoms with Crippen molar-refractivity contribution < 1.29 is 4.79 Å². The van der Waals surface area contributed by atoms with E-state index >= 15 is 0 Å². The van der Waals surface area contributed by atoms with Gasteiger partial charge >= 0.3 is 6.03 Å². The van der Waals surface area contributed by atoms with Crippen LogP contribution < -0.4 is 5.32 Å². The zero-order valence-corrected chi connectivity index (χ0v) is 12.7. The van der Waals surface area contributed by atoms with E-state index in [4.69, 9.17) is 4.99 Å². The monoisotopic (exact) mass is 309 g/mol. The Balaban J connectivity index is 1.59. The SMILES string of the molecule is O=C1Nc2ccccc2CN1C1=NC(c2ccccc2)CS1. The van der Waals surface area contributed by atoms with Crippen LogP contribution in [0.15, 0.2) is 59.6 Å². The van der Waals surface area contributed by atoms with Crippen LogP contribution in [0.1, 0.15) is 17.2 Å². The molecule has 22 heavy (non-hydrogen) atoms. The molecule has 0 saturated carbocycles. The van der Waals surface area contributed by atoms with Crippen molar-refractivity contribution in [3.8, 4) is 0 Å². The molecule has 0 radical (unpaired) electrons. The van der Waals surface area contributed by atoms with Crippen molar-refractivity contribution in [2.75, 3.05) is 11.1 Å². The summed E-state index contributed by atoms with van der Waals surface area (Å²) in [4.78, 5) is 18.8. The Hall–Kier alpha value is -2.27. The summed E-state index contributed by atoms with van der Waals surface area (Å²) in [5.41, 5.74) is 3.21. The molecule has 0 saturated heterocycles. The Bertz CT molecular complexity index is 745. The first-order chi connectivity index (χ1) is 10.8. The van der Waals surface area contributed by atoms with Gasteiger partial charge in [0.15, 0.2) is 5.17 Å². The number of nitrogens with one attached hydrogen (secondary N) is 1. The first kappa shape index (κ1) is 13.4. The number of amides is 2. The number of hydrogen-bond donors (Lipinski definition) is 1. The fourth-order valence-electron chi connectivity index (χ4n) is 2.71. The molecule has 0 fully saturated rings. The van der Waals surface area contributed by atoms with Gasteiger partial charge < -0.3 is 5.32 Å². The Morgan fingerprint density at radius 1 is 1.09 bits per heavy atom. The molecule has 1 unspecified atom stereocenters. The lowest BCUT2D eigenvalue weighted by atomic mass is 10.1. The van der Waals surface area contributed by atoms with E-state index in [0.717, 1.165) is 22.2 Å². The van der Waals surface area contributed by atoms with Crippen LogP contribution in [0.5, 0.6) is 0 Å². The molecular weight excluding hydrogens is 294 g/mol. The summed E-state index contributed by atoms with van der Waals surface area (Å²) >= 11 is 1.65. The fourth-order valence-corrected chi connectivity index (χ4v) is 3.79. The number of benzene rings is 2. The Kier molecular flexibility index (Phi) is 3.35. The zero-order chi connectivity index (χ0) is 14.9. The van der Waals surface area contributed by atoms with E-state index in [2.05, 4.69) is 17.4 Å². The van der Waals surface area contributed by atoms with Gasteiger partial charge in [0.25, 0.3) is 0 Å². The highest BCUT2D eigenvalue weighted by Crippen LogP contribution is 2.34. The minimum absolute atomic E-state index is 0.0985. The minimum atomic E-state index is -0.0985. The summed E-state index contributed by atoms with van der Waals surface area (Å²) in [6.45, 7) is 0.579. The van der Waals surface area contributed by atoms with Crippen LogP contribution in [-0.2, 0) is 6.54 Å². The zero-order valence-electron chi connectivity index (χ0n) is 11.9. The largest absolute Gasteiger partial charge is 0.328 e. The van der Waals surface area contributed by atoms with Crippen LogP contribution in [0.4, 0.5) is 10.5 Å². The van der Waals surface area contributed by atoms with Crippen molar-refractivity contribution >= 4 is 28.6 Å². The van der Waals surface area contributed by atoms with Crippen molar-refractivity contribution in [3.05, 3.63) is 65.7 Å². The van der Waals surface area contributed by atoms with Crippen LogP contribution in [0.2, 0.25) is 0 Å². The van der Waals surface area contributed by atoms with Crippen molar-refractivity contribution in [1.29, 1.82) is 0 Å². The molecule has 2 aliphatic heterocycles. The number of nitrogens with zero attached hydrogens (tertiary/aromatic N) is 2. The molecule has 4 rings (SSSR count). The van der Waals surface area contributed by atoms with Crippen LogP contribution in [-0.4, -0.2) is 21.9 Å². The molecule has 2 heterocycles. The van der Waals surface area contributed by atoms with Crippen molar-refractivity contribution in [2.45, 2.75) is 12.6 Å². The van der Waals surface area contributed by atoms with Crippen LogP contribution >= 0.6 is 11.8 Å². The molecule has 1 N–H and O–H groups in total. The second-order valence-corrected chi connectivity index (χ2v) is 6.31.